The molecule has 4 amide bonds. The lowest BCUT2D eigenvalue weighted by molar-refractivity contribution is -0.175. The molecule has 15 rings (SSSR count). The fourth-order valence-corrected chi connectivity index (χ4v) is 19.1. The number of halogens is 16. The zero-order chi connectivity index (χ0) is 102. The lowest BCUT2D eigenvalue weighted by Crippen LogP contribution is -2.48. The molecule has 12 aliphatic heterocycles. The number of nitrogens with zero attached hydrogens (tertiary/aromatic N) is 9. The average Bonchev–Trinajstić information content (AvgIpc) is 1.58. The quantitative estimate of drug-likeness (QED) is 0.0337. The van der Waals surface area contributed by atoms with E-state index in [2.05, 4.69) is 9.97 Å². The molecule has 0 spiro atoms. The maximum atomic E-state index is 14.5. The fourth-order valence-electron chi connectivity index (χ4n) is 16.9. The number of carbonyl (C=O) groups is 8. The fraction of sp³-hybridized carbons (Fsp3) is 0.671. The summed E-state index contributed by atoms with van der Waals surface area (Å²) in [4.78, 5) is 149. The highest BCUT2D eigenvalue weighted by molar-refractivity contribution is 14.1. The van der Waals surface area contributed by atoms with E-state index in [4.69, 9.17) is 43.6 Å². The van der Waals surface area contributed by atoms with Crippen molar-refractivity contribution in [3.05, 3.63) is 128 Å². The van der Waals surface area contributed by atoms with Gasteiger partial charge in [0.05, 0.1) is 116 Å². The van der Waals surface area contributed by atoms with Crippen LogP contribution >= 0.6 is 45.2 Å². The summed E-state index contributed by atoms with van der Waals surface area (Å²) in [5, 5.41) is 37.1. The van der Waals surface area contributed by atoms with Crippen molar-refractivity contribution in [2.75, 3.05) is 47.6 Å². The van der Waals surface area contributed by atoms with Crippen molar-refractivity contribution in [3.63, 3.8) is 0 Å². The number of ketones is 4. The van der Waals surface area contributed by atoms with E-state index >= 15 is 0 Å². The van der Waals surface area contributed by atoms with Crippen molar-refractivity contribution in [1.29, 1.82) is 0 Å². The number of aliphatic hydroxyl groups is 4. The maximum Gasteiger partial charge on any atom is 0.351 e. The first kappa shape index (κ1) is 111. The molecule has 0 aromatic carbocycles. The SMILES string of the molecule is CCC1(CC)O[C@@H](N2C=CC(=O)CC2=O)C(F)(F)[C@@H]1C.CC[C@@]1(C)O[C@@H](N2C=CC(=O)CC2=O)C(F)(F)[C@@H]1C.CC[C@@]1(C)O[C@@H](n2ccc(N)nc2=O)C(F)(F)[C@@H]1C.C[C@@H]1C(CO)(CO)O[C@@H](n2ccc(=O)[nH]c2=O)C1(F)F.C[C@H]1C(F)(F)[C@H](N2C=CC(=O)CC2=O)O[C@@]1(CO)CI.C[C@H]1C(F)(F)[C@H](N2C=CC(=O)CC2=O)O[C@]1(C)CO.C[C@H]1C(F)(F)[C@H]2O[C@]1(CI)COc1nc(=O)ccn12. The van der Waals surface area contributed by atoms with Crippen molar-refractivity contribution in [2.45, 2.75) is 273 Å². The number of ether oxygens (including phenoxy) is 8. The van der Waals surface area contributed by atoms with Crippen LogP contribution in [0.1, 0.15) is 167 Å². The van der Waals surface area contributed by atoms with Gasteiger partial charge in [-0.3, -0.25) is 86.2 Å². The Kier molecular flexibility index (Phi) is 33.6. The number of nitrogen functional groups attached to an aromatic ring is 1. The molecule has 758 valence electrons. The van der Waals surface area contributed by atoms with Crippen LogP contribution in [0.25, 0.3) is 0 Å². The van der Waals surface area contributed by atoms with Gasteiger partial charge < -0.3 is 64.1 Å². The minimum Gasteiger partial charge on any atom is -0.461 e. The van der Waals surface area contributed by atoms with Crippen LogP contribution in [0, 0.1) is 41.4 Å². The third-order valence-electron chi connectivity index (χ3n) is 27.8. The number of fused-ring (bicyclic) bond motifs is 4. The topological polar surface area (TPSA) is 455 Å². The summed E-state index contributed by atoms with van der Waals surface area (Å²) < 4.78 is 247. The van der Waals surface area contributed by atoms with Gasteiger partial charge in [-0.2, -0.15) is 9.97 Å². The summed E-state index contributed by atoms with van der Waals surface area (Å²) in [5.74, 6) is -35.0. The van der Waals surface area contributed by atoms with Crippen LogP contribution in [-0.2, 0) is 71.5 Å². The molecule has 0 unspecified atom stereocenters. The highest BCUT2D eigenvalue weighted by Gasteiger charge is 2.72. The van der Waals surface area contributed by atoms with E-state index in [1.54, 1.807) is 41.5 Å². The Labute approximate surface area is 795 Å². The number of H-pyrrole nitrogens is 1. The normalized spacial score (nSPS) is 34.4. The molecule has 2 bridgehead atoms. The van der Waals surface area contributed by atoms with E-state index in [1.165, 1.54) is 66.9 Å². The van der Waals surface area contributed by atoms with Crippen LogP contribution in [0.4, 0.5) is 67.3 Å². The third-order valence-corrected chi connectivity index (χ3v) is 30.4. The standard InChI is InChI=1S/C14H19F2NO3.C13H17F2NO3.C12H14F2INO4.C12H17F2N3O2.C12H15F2NO4.C11H11F2IN2O3.C11H14F2N2O5/c1-4-13(5-2)9(3)14(15,16)12(20-13)17-7-6-10(18)8-11(17)19;1-4-12(3)8(2)13(14,15)11(19-12)16-6-5-9(17)7-10(16)18;1-7-11(5-15,6-17)20-10(12(7,13)14)16-3-2-8(18)4-9(16)19;1-4-11(3)7(2)12(13,14)9(19-11)17-6-5-8(15)16-10(17)18;1-7-11(2,6-16)19-10(12(7,13)14)15-4-3-8(17)5-9(15)18;1-6-10(4-14)5-18-9-15-7(17)2-3-16(9)8(19-10)11(6,12)13;1-6-10(4-16,5-17)20-8(11(6,12)13)15-3-2-7(18)14-9(15)19/h6-7,9,12H,4-5,8H2,1-3H3;5-6,8,11H,4,7H2,1-3H3;2-3,7,10,17H,4-6H2,1H3;5-7,9H,4H2,1-3H3,(H2,15,16,18);3-4,7,10,16H,5-6H2,1-2H3;2-3,6,8H,4-5H2,1H3;2-3,6,8,16-17H,4-5H2,1H3,(H,14,18,19)/t9-,12-;8-,11-,12-;7-,10-,11-;7-,9-,11-;7-,10-,11-;6-,8-,10-;6-,8-/m1111111/s1. The smallest absolute Gasteiger partial charge is 0.351 e. The van der Waals surface area contributed by atoms with Crippen LogP contribution in [0.5, 0.6) is 6.01 Å². The van der Waals surface area contributed by atoms with Gasteiger partial charge in [0.15, 0.2) is 23.1 Å². The molecule has 7 fully saturated rings. The molecule has 19 atom stereocenters. The number of alkyl halides is 16. The van der Waals surface area contributed by atoms with Gasteiger partial charge in [-0.1, -0.05) is 121 Å². The highest BCUT2D eigenvalue weighted by Crippen LogP contribution is 2.59. The Balaban J connectivity index is 0.000000178. The van der Waals surface area contributed by atoms with Crippen molar-refractivity contribution < 1.29 is 158 Å². The predicted octanol–water partition coefficient (Wildman–Crippen LogP) is 8.83. The first-order chi connectivity index (χ1) is 62.9. The minimum absolute atomic E-state index is 0.00568. The minimum atomic E-state index is -3.51. The Morgan fingerprint density at radius 1 is 0.390 bits per heavy atom. The summed E-state index contributed by atoms with van der Waals surface area (Å²) in [7, 11) is 0. The van der Waals surface area contributed by atoms with Gasteiger partial charge in [-0.25, -0.2) is 71.1 Å². The van der Waals surface area contributed by atoms with E-state index in [9.17, 15) is 139 Å². The first-order valence-corrected chi connectivity index (χ1v) is 45.9. The molecule has 12 aliphatic rings. The third kappa shape index (κ3) is 20.6. The second-order valence-corrected chi connectivity index (χ2v) is 36.9. The molecular weight excluding hydrogens is 2080 g/mol. The molecule has 35 nitrogen and oxygen atoms in total. The molecule has 3 aromatic heterocycles. The number of anilines is 1. The largest absolute Gasteiger partial charge is 0.461 e. The van der Waals surface area contributed by atoms with Crippen molar-refractivity contribution in [2.24, 2.45) is 41.4 Å². The number of aliphatic hydroxyl groups excluding tert-OH is 4. The Morgan fingerprint density at radius 2 is 0.721 bits per heavy atom. The second-order valence-electron chi connectivity index (χ2n) is 35.4. The summed E-state index contributed by atoms with van der Waals surface area (Å²) in [5.41, 5.74) is -6.44. The average molecular weight is 2190 g/mol. The van der Waals surface area contributed by atoms with E-state index in [0.717, 1.165) is 103 Å². The van der Waals surface area contributed by atoms with E-state index in [0.29, 0.717) is 34.7 Å². The molecule has 15 heterocycles. The lowest BCUT2D eigenvalue weighted by Gasteiger charge is -2.32. The van der Waals surface area contributed by atoms with E-state index in [1.807, 2.05) is 50.2 Å². The number of amides is 4. The number of allylic oxidation sites excluding steroid dienone is 4. The van der Waals surface area contributed by atoms with Gasteiger partial charge in [-0.05, 0) is 76.8 Å². The first-order valence-electron chi connectivity index (χ1n) is 42.8. The number of rotatable bonds is 16. The van der Waals surface area contributed by atoms with Gasteiger partial charge >= 0.3 is 17.4 Å². The van der Waals surface area contributed by atoms with Gasteiger partial charge in [0.25, 0.3) is 52.6 Å². The van der Waals surface area contributed by atoms with Crippen LogP contribution in [0.3, 0.4) is 0 Å². The molecule has 51 heteroatoms. The molecular formula is C85H107F14I2N11O24. The number of nitrogens with two attached hydrogens (primary N) is 1. The predicted molar refractivity (Wildman–Crippen MR) is 463 cm³/mol. The molecule has 0 aliphatic carbocycles. The molecule has 0 radical (unpaired) electrons. The van der Waals surface area contributed by atoms with E-state index in [-0.39, 0.29) is 47.3 Å². The van der Waals surface area contributed by atoms with Gasteiger partial charge in [-0.15, -0.1) is 0 Å². The zero-order valence-electron chi connectivity index (χ0n) is 75.9. The number of hydrogen-bond acceptors (Lipinski definition) is 27. The number of nitrogens with one attached hydrogen (secondary N) is 1. The van der Waals surface area contributed by atoms with Crippen molar-refractivity contribution in [3.8, 4) is 6.01 Å². The molecule has 136 heavy (non-hydrogen) atoms. The number of aromatic nitrogens is 6. The Bertz CT molecular complexity index is 5180. The summed E-state index contributed by atoms with van der Waals surface area (Å²) in [6.45, 7) is 18.4. The number of hydrogen-bond donors (Lipinski definition) is 6. The van der Waals surface area contributed by atoms with Crippen molar-refractivity contribution in [1.82, 2.24) is 48.3 Å². The Hall–Kier alpha value is -8.40. The van der Waals surface area contributed by atoms with Crippen LogP contribution in [-0.4, -0.2) is 263 Å². The monoisotopic (exact) mass is 2190 g/mol. The van der Waals surface area contributed by atoms with Crippen LogP contribution in [0.15, 0.2) is 105 Å². The second kappa shape index (κ2) is 41.0. The van der Waals surface area contributed by atoms with Crippen molar-refractivity contribution >= 4 is 97.8 Å². The van der Waals surface area contributed by atoms with Gasteiger partial charge in [0.2, 0.25) is 67.2 Å². The summed E-state index contributed by atoms with van der Waals surface area (Å²) in [6, 6.07) is 3.21. The lowest BCUT2D eigenvalue weighted by atomic mass is 9.82. The number of aromatic amines is 1. The van der Waals surface area contributed by atoms with Gasteiger partial charge in [0.1, 0.15) is 29.2 Å². The molecule has 7 saturated heterocycles. The zero-order valence-corrected chi connectivity index (χ0v) is 80.2. The van der Waals surface area contributed by atoms with E-state index < -0.39 is 263 Å². The molecule has 0 saturated carbocycles. The maximum absolute atomic E-state index is 14.5. The van der Waals surface area contributed by atoms with Crippen LogP contribution in [0.2, 0.25) is 0 Å². The summed E-state index contributed by atoms with van der Waals surface area (Å²) in [6.07, 6.45) is 0.0761. The molecule has 3 aromatic rings. The highest BCUT2D eigenvalue weighted by atomic mass is 127. The molecule has 7 N–H and O–H groups in total. The number of carbonyl (C=O) groups excluding carboxylic acids is 8. The Morgan fingerprint density at radius 3 is 1.07 bits per heavy atom. The summed E-state index contributed by atoms with van der Waals surface area (Å²) >= 11 is 3.88. The van der Waals surface area contributed by atoms with Crippen LogP contribution < -0.4 is 33.0 Å². The van der Waals surface area contributed by atoms with Gasteiger partial charge in [0, 0.05) is 64.4 Å².